The van der Waals surface area contributed by atoms with E-state index in [0.717, 1.165) is 12.1 Å². The van der Waals surface area contributed by atoms with E-state index in [2.05, 4.69) is 4.98 Å². The summed E-state index contributed by atoms with van der Waals surface area (Å²) >= 11 is 0. The van der Waals surface area contributed by atoms with Gasteiger partial charge in [-0.05, 0) is 23.8 Å². The van der Waals surface area contributed by atoms with Crippen molar-refractivity contribution in [3.05, 3.63) is 47.8 Å². The number of primary sulfonamides is 1. The Bertz CT molecular complexity index is 858. The fourth-order valence-electron chi connectivity index (χ4n) is 1.82. The summed E-state index contributed by atoms with van der Waals surface area (Å²) in [6.07, 6.45) is -7.85. The van der Waals surface area contributed by atoms with Crippen LogP contribution in [0.15, 0.2) is 35.2 Å². The molecule has 0 aliphatic heterocycles. The first-order chi connectivity index (χ1) is 10.8. The van der Waals surface area contributed by atoms with Crippen LogP contribution in [0.5, 0.6) is 0 Å². The van der Waals surface area contributed by atoms with Crippen molar-refractivity contribution in [2.24, 2.45) is 5.14 Å². The highest BCUT2D eigenvalue weighted by molar-refractivity contribution is 7.89. The minimum atomic E-state index is -4.89. The molecule has 1 aromatic heterocycles. The van der Waals surface area contributed by atoms with Crippen LogP contribution < -0.4 is 5.14 Å². The lowest BCUT2D eigenvalue weighted by molar-refractivity contribution is -0.141. The third-order valence-electron chi connectivity index (χ3n) is 2.90. The lowest BCUT2D eigenvalue weighted by Gasteiger charge is -2.12. The predicted molar refractivity (Wildman–Crippen MR) is 69.9 cm³/mol. The zero-order valence-electron chi connectivity index (χ0n) is 11.4. The van der Waals surface area contributed by atoms with Crippen LogP contribution in [0.25, 0.3) is 11.1 Å². The number of alkyl halides is 6. The van der Waals surface area contributed by atoms with Crippen molar-refractivity contribution in [1.29, 1.82) is 0 Å². The lowest BCUT2D eigenvalue weighted by atomic mass is 10.0. The van der Waals surface area contributed by atoms with Crippen LogP contribution in [-0.4, -0.2) is 13.4 Å². The van der Waals surface area contributed by atoms with Crippen LogP contribution in [0.4, 0.5) is 26.3 Å². The van der Waals surface area contributed by atoms with Crippen molar-refractivity contribution in [3.8, 4) is 11.1 Å². The maximum Gasteiger partial charge on any atom is 0.433 e. The molecule has 11 heteroatoms. The molecule has 0 atom stereocenters. The van der Waals surface area contributed by atoms with Gasteiger partial charge >= 0.3 is 12.4 Å². The molecule has 1 aromatic carbocycles. The van der Waals surface area contributed by atoms with Crippen molar-refractivity contribution in [2.45, 2.75) is 17.2 Å². The molecule has 2 N–H and O–H groups in total. The molecule has 2 rings (SSSR count). The Balaban J connectivity index is 2.66. The van der Waals surface area contributed by atoms with E-state index in [-0.39, 0.29) is 5.56 Å². The van der Waals surface area contributed by atoms with Gasteiger partial charge in [-0.1, -0.05) is 12.1 Å². The predicted octanol–water partition coefficient (Wildman–Crippen LogP) is 3.23. The van der Waals surface area contributed by atoms with Crippen LogP contribution >= 0.6 is 0 Å². The standard InChI is InChI=1S/C13H7F6N2O2S/c14-12(15,16)8-3-1-7(2-4-8)9-5-11(13(17,18)19)21-6-10(9)24(20,22)23/h1-5H,(H2,20,22,23). The topological polar surface area (TPSA) is 73.1 Å². The first-order valence-corrected chi connectivity index (χ1v) is 7.55. The van der Waals surface area contributed by atoms with Crippen LogP contribution in [0, 0.1) is 6.20 Å². The summed E-state index contributed by atoms with van der Waals surface area (Å²) in [5.41, 5.74) is -3.26. The molecule has 0 fully saturated rings. The Morgan fingerprint density at radius 3 is 1.92 bits per heavy atom. The van der Waals surface area contributed by atoms with Gasteiger partial charge in [0.2, 0.25) is 10.0 Å². The maximum absolute atomic E-state index is 12.7. The summed E-state index contributed by atoms with van der Waals surface area (Å²) in [6.45, 7) is 0. The van der Waals surface area contributed by atoms with Gasteiger partial charge in [0.1, 0.15) is 16.8 Å². The summed E-state index contributed by atoms with van der Waals surface area (Å²) in [4.78, 5) is 2.02. The summed E-state index contributed by atoms with van der Waals surface area (Å²) in [6, 6.07) is 3.27. The highest BCUT2D eigenvalue weighted by Crippen LogP contribution is 2.35. The van der Waals surface area contributed by atoms with E-state index >= 15 is 0 Å². The summed E-state index contributed by atoms with van der Waals surface area (Å²) in [5, 5.41) is 4.89. The van der Waals surface area contributed by atoms with Crippen molar-refractivity contribution < 1.29 is 34.8 Å². The van der Waals surface area contributed by atoms with Gasteiger partial charge in [-0.2, -0.15) is 26.3 Å². The number of rotatable bonds is 2. The monoisotopic (exact) mass is 369 g/mol. The Morgan fingerprint density at radius 2 is 1.50 bits per heavy atom. The molecule has 0 aliphatic rings. The molecule has 0 aliphatic carbocycles. The molecule has 1 heterocycles. The van der Waals surface area contributed by atoms with Crippen LogP contribution in [0.2, 0.25) is 0 Å². The molecular formula is C13H7F6N2O2S. The highest BCUT2D eigenvalue weighted by atomic mass is 32.2. The Morgan fingerprint density at radius 1 is 0.958 bits per heavy atom. The Kier molecular flexibility index (Phi) is 4.35. The van der Waals surface area contributed by atoms with Crippen LogP contribution in [-0.2, 0) is 22.4 Å². The normalized spacial score (nSPS) is 13.1. The number of aromatic nitrogens is 1. The second-order valence-electron chi connectivity index (χ2n) is 4.61. The second-order valence-corrected chi connectivity index (χ2v) is 6.11. The third kappa shape index (κ3) is 3.85. The number of halogens is 6. The molecule has 0 amide bonds. The molecule has 4 nitrogen and oxygen atoms in total. The highest BCUT2D eigenvalue weighted by Gasteiger charge is 2.34. The molecular weight excluding hydrogens is 362 g/mol. The number of pyridine rings is 1. The number of hydrogen-bond donors (Lipinski definition) is 1. The van der Waals surface area contributed by atoms with Crippen molar-refractivity contribution in [2.75, 3.05) is 0 Å². The number of hydrogen-bond acceptors (Lipinski definition) is 3. The number of nitrogens with two attached hydrogens (primary N) is 1. The molecule has 24 heavy (non-hydrogen) atoms. The third-order valence-corrected chi connectivity index (χ3v) is 3.78. The molecule has 1 radical (unpaired) electrons. The van der Waals surface area contributed by atoms with Gasteiger partial charge in [-0.25, -0.2) is 18.5 Å². The first kappa shape index (κ1) is 18.2. The summed E-state index contributed by atoms with van der Waals surface area (Å²) in [5.74, 6) is 0. The molecule has 0 saturated carbocycles. The molecule has 0 saturated heterocycles. The van der Waals surface area contributed by atoms with Gasteiger partial charge in [-0.3, -0.25) is 0 Å². The van der Waals surface area contributed by atoms with Gasteiger partial charge in [0.25, 0.3) is 0 Å². The Hall–Kier alpha value is -2.14. The lowest BCUT2D eigenvalue weighted by Crippen LogP contribution is -2.16. The van der Waals surface area contributed by atoms with E-state index in [1.165, 1.54) is 0 Å². The minimum Gasteiger partial charge on any atom is -0.240 e. The van der Waals surface area contributed by atoms with Crippen molar-refractivity contribution >= 4 is 10.0 Å². The zero-order valence-corrected chi connectivity index (χ0v) is 12.2. The van der Waals surface area contributed by atoms with E-state index in [1.807, 2.05) is 0 Å². The molecule has 2 aromatic rings. The van der Waals surface area contributed by atoms with Crippen molar-refractivity contribution in [1.82, 2.24) is 4.98 Å². The van der Waals surface area contributed by atoms with Gasteiger partial charge < -0.3 is 0 Å². The SMILES string of the molecule is NS(=O)(=O)c1[c]nc(C(F)(F)F)cc1-c1ccc(C(F)(F)F)cc1. The smallest absolute Gasteiger partial charge is 0.240 e. The van der Waals surface area contributed by atoms with Crippen molar-refractivity contribution in [3.63, 3.8) is 0 Å². The van der Waals surface area contributed by atoms with E-state index < -0.39 is 44.1 Å². The second kappa shape index (κ2) is 5.74. The minimum absolute atomic E-state index is 0.212. The van der Waals surface area contributed by atoms with E-state index in [0.29, 0.717) is 18.2 Å². The average Bonchev–Trinajstić information content (AvgIpc) is 2.44. The number of nitrogens with zero attached hydrogens (tertiary/aromatic N) is 1. The molecule has 129 valence electrons. The summed E-state index contributed by atoms with van der Waals surface area (Å²) < 4.78 is 98.7. The number of sulfonamides is 1. The maximum atomic E-state index is 12.7. The average molecular weight is 369 g/mol. The Labute approximate surface area is 132 Å². The largest absolute Gasteiger partial charge is 0.433 e. The van der Waals surface area contributed by atoms with E-state index in [9.17, 15) is 34.8 Å². The van der Waals surface area contributed by atoms with Gasteiger partial charge in [0.15, 0.2) is 0 Å². The number of benzene rings is 1. The molecule has 0 spiro atoms. The fraction of sp³-hybridized carbons (Fsp3) is 0.154. The first-order valence-electron chi connectivity index (χ1n) is 6.00. The zero-order chi connectivity index (χ0) is 18.3. The van der Waals surface area contributed by atoms with Gasteiger partial charge in [0.05, 0.1) is 5.56 Å². The van der Waals surface area contributed by atoms with Gasteiger partial charge in [-0.15, -0.1) is 0 Å². The van der Waals surface area contributed by atoms with E-state index in [4.69, 9.17) is 5.14 Å². The van der Waals surface area contributed by atoms with Crippen LogP contribution in [0.3, 0.4) is 0 Å². The fourth-order valence-corrected chi connectivity index (χ4v) is 2.48. The quantitative estimate of drug-likeness (QED) is 0.826. The van der Waals surface area contributed by atoms with Crippen LogP contribution in [0.1, 0.15) is 11.3 Å². The molecule has 0 bridgehead atoms. The van der Waals surface area contributed by atoms with E-state index in [1.54, 1.807) is 6.20 Å². The summed E-state index contributed by atoms with van der Waals surface area (Å²) in [7, 11) is -4.49. The van der Waals surface area contributed by atoms with Gasteiger partial charge in [0, 0.05) is 5.56 Å². The molecule has 0 unspecified atom stereocenters.